The molecule has 0 spiro atoms. The summed E-state index contributed by atoms with van der Waals surface area (Å²) in [5.41, 5.74) is 0.509. The largest absolute Gasteiger partial charge is 0.381 e. The number of nitrogens with zero attached hydrogens (tertiary/aromatic N) is 4. The van der Waals surface area contributed by atoms with E-state index < -0.39 is 0 Å². The van der Waals surface area contributed by atoms with Gasteiger partial charge in [0, 0.05) is 37.7 Å². The summed E-state index contributed by atoms with van der Waals surface area (Å²) in [5, 5.41) is 6.06. The normalized spacial score (nSPS) is 19.6. The molecular formula is C25H30N4O3. The molecule has 2 aromatic heterocycles. The van der Waals surface area contributed by atoms with Crippen molar-refractivity contribution < 1.29 is 14.1 Å². The maximum atomic E-state index is 13.3. The smallest absolute Gasteiger partial charge is 0.273 e. The van der Waals surface area contributed by atoms with Crippen LogP contribution in [0.25, 0.3) is 10.8 Å². The van der Waals surface area contributed by atoms with E-state index in [-0.39, 0.29) is 11.8 Å². The van der Waals surface area contributed by atoms with E-state index in [9.17, 15) is 4.79 Å². The Bertz CT molecular complexity index is 1050. The Balaban J connectivity index is 1.19. The molecule has 3 aromatic rings. The summed E-state index contributed by atoms with van der Waals surface area (Å²) < 4.78 is 11.4. The number of fused-ring (bicyclic) bond motifs is 1. The van der Waals surface area contributed by atoms with Gasteiger partial charge in [0.2, 0.25) is 5.89 Å². The Morgan fingerprint density at radius 2 is 2.00 bits per heavy atom. The molecule has 1 unspecified atom stereocenters. The molecule has 7 heteroatoms. The van der Waals surface area contributed by atoms with Gasteiger partial charge in [-0.3, -0.25) is 9.78 Å². The second-order valence-corrected chi connectivity index (χ2v) is 9.00. The SMILES string of the molecule is O=C(c1nccc2ccccc12)N1CCCC(c2nc(CCOCC3CCCC3)no2)C1. The topological polar surface area (TPSA) is 81.4 Å². The lowest BCUT2D eigenvalue weighted by Gasteiger charge is -2.31. The number of pyridine rings is 1. The van der Waals surface area contributed by atoms with E-state index in [4.69, 9.17) is 9.26 Å². The Morgan fingerprint density at radius 1 is 1.12 bits per heavy atom. The molecule has 1 saturated heterocycles. The molecule has 3 heterocycles. The van der Waals surface area contributed by atoms with Crippen molar-refractivity contribution in [1.82, 2.24) is 20.0 Å². The summed E-state index contributed by atoms with van der Waals surface area (Å²) in [6.07, 6.45) is 9.45. The molecule has 2 aliphatic rings. The van der Waals surface area contributed by atoms with Crippen LogP contribution in [-0.4, -0.2) is 52.2 Å². The fourth-order valence-electron chi connectivity index (χ4n) is 4.93. The molecule has 0 bridgehead atoms. The van der Waals surface area contributed by atoms with Gasteiger partial charge in [-0.1, -0.05) is 42.3 Å². The van der Waals surface area contributed by atoms with Crippen LogP contribution in [-0.2, 0) is 11.2 Å². The molecule has 168 valence electrons. The predicted octanol–water partition coefficient (Wildman–Crippen LogP) is 4.39. The molecule has 1 amide bonds. The summed E-state index contributed by atoms with van der Waals surface area (Å²) in [6.45, 7) is 2.75. The van der Waals surface area contributed by atoms with Gasteiger partial charge in [0.25, 0.3) is 5.91 Å². The second kappa shape index (κ2) is 9.77. The van der Waals surface area contributed by atoms with E-state index in [1.165, 1.54) is 25.7 Å². The van der Waals surface area contributed by atoms with E-state index in [1.807, 2.05) is 35.2 Å². The fraction of sp³-hybridized carbons (Fsp3) is 0.520. The van der Waals surface area contributed by atoms with E-state index in [1.54, 1.807) is 6.20 Å². The minimum Gasteiger partial charge on any atom is -0.381 e. The van der Waals surface area contributed by atoms with Gasteiger partial charge < -0.3 is 14.2 Å². The van der Waals surface area contributed by atoms with Crippen molar-refractivity contribution in [2.24, 2.45) is 5.92 Å². The van der Waals surface area contributed by atoms with Gasteiger partial charge in [-0.25, -0.2) is 0 Å². The van der Waals surface area contributed by atoms with Crippen LogP contribution in [0, 0.1) is 5.92 Å². The van der Waals surface area contributed by atoms with Crippen LogP contribution in [0.3, 0.4) is 0 Å². The maximum Gasteiger partial charge on any atom is 0.273 e. The zero-order valence-electron chi connectivity index (χ0n) is 18.4. The monoisotopic (exact) mass is 434 g/mol. The summed E-state index contributed by atoms with van der Waals surface area (Å²) in [5.74, 6) is 2.05. The van der Waals surface area contributed by atoms with Crippen LogP contribution < -0.4 is 0 Å². The molecule has 0 radical (unpaired) electrons. The number of aromatic nitrogens is 3. The zero-order valence-corrected chi connectivity index (χ0v) is 18.4. The molecule has 0 N–H and O–H groups in total. The number of rotatable bonds is 7. The number of carbonyl (C=O) groups excluding carboxylic acids is 1. The van der Waals surface area contributed by atoms with Gasteiger partial charge in [0.05, 0.1) is 12.5 Å². The number of amides is 1. The number of carbonyl (C=O) groups is 1. The summed E-state index contributed by atoms with van der Waals surface area (Å²) in [4.78, 5) is 24.1. The van der Waals surface area contributed by atoms with Crippen LogP contribution >= 0.6 is 0 Å². The molecule has 1 saturated carbocycles. The number of hydrogen-bond acceptors (Lipinski definition) is 6. The summed E-state index contributed by atoms with van der Waals surface area (Å²) >= 11 is 0. The molecular weight excluding hydrogens is 404 g/mol. The third kappa shape index (κ3) is 4.67. The number of likely N-dealkylation sites (tertiary alicyclic amines) is 1. The lowest BCUT2D eigenvalue weighted by molar-refractivity contribution is 0.0692. The average molecular weight is 435 g/mol. The first kappa shape index (κ1) is 21.1. The first-order chi connectivity index (χ1) is 15.8. The molecule has 5 rings (SSSR count). The van der Waals surface area contributed by atoms with Gasteiger partial charge in [0.15, 0.2) is 5.82 Å². The number of ether oxygens (including phenoxy) is 1. The van der Waals surface area contributed by atoms with Gasteiger partial charge in [-0.05, 0) is 43.1 Å². The van der Waals surface area contributed by atoms with Crippen molar-refractivity contribution in [3.05, 3.63) is 53.9 Å². The minimum absolute atomic E-state index is 0.0356. The van der Waals surface area contributed by atoms with Crippen LogP contribution in [0.5, 0.6) is 0 Å². The third-order valence-electron chi connectivity index (χ3n) is 6.72. The fourth-order valence-corrected chi connectivity index (χ4v) is 4.93. The first-order valence-electron chi connectivity index (χ1n) is 11.8. The Kier molecular flexibility index (Phi) is 6.44. The van der Waals surface area contributed by atoms with Gasteiger partial charge in [0.1, 0.15) is 5.69 Å². The summed E-state index contributed by atoms with van der Waals surface area (Å²) in [7, 11) is 0. The van der Waals surface area contributed by atoms with E-state index >= 15 is 0 Å². The third-order valence-corrected chi connectivity index (χ3v) is 6.72. The van der Waals surface area contributed by atoms with Crippen molar-refractivity contribution in [2.75, 3.05) is 26.3 Å². The van der Waals surface area contributed by atoms with Gasteiger partial charge >= 0.3 is 0 Å². The minimum atomic E-state index is -0.0356. The highest BCUT2D eigenvalue weighted by Crippen LogP contribution is 2.28. The number of benzene rings is 1. The maximum absolute atomic E-state index is 13.3. The van der Waals surface area contributed by atoms with E-state index in [2.05, 4.69) is 15.1 Å². The second-order valence-electron chi connectivity index (χ2n) is 9.00. The Hall–Kier alpha value is -2.80. The van der Waals surface area contributed by atoms with Gasteiger partial charge in [-0.2, -0.15) is 4.98 Å². The van der Waals surface area contributed by atoms with Crippen LogP contribution in [0.15, 0.2) is 41.1 Å². The predicted molar refractivity (Wildman–Crippen MR) is 120 cm³/mol. The standard InChI is InChI=1S/C25H30N4O3/c30-25(23-21-10-4-3-8-19(21)11-13-26-23)29-14-5-9-20(16-29)24-27-22(28-32-24)12-15-31-17-18-6-1-2-7-18/h3-4,8,10-11,13,18,20H,1-2,5-7,9,12,14-17H2. The lowest BCUT2D eigenvalue weighted by atomic mass is 9.97. The van der Waals surface area contributed by atoms with Crippen LogP contribution in [0.1, 0.15) is 66.6 Å². The Labute approximate surface area is 188 Å². The van der Waals surface area contributed by atoms with Crippen LogP contribution in [0.4, 0.5) is 0 Å². The Morgan fingerprint density at radius 3 is 2.91 bits per heavy atom. The number of hydrogen-bond donors (Lipinski definition) is 0. The number of piperidine rings is 1. The first-order valence-corrected chi connectivity index (χ1v) is 11.8. The van der Waals surface area contributed by atoms with Crippen molar-refractivity contribution in [3.8, 4) is 0 Å². The summed E-state index contributed by atoms with van der Waals surface area (Å²) in [6, 6.07) is 9.81. The van der Waals surface area contributed by atoms with Crippen molar-refractivity contribution in [3.63, 3.8) is 0 Å². The molecule has 1 aliphatic carbocycles. The van der Waals surface area contributed by atoms with E-state index in [0.29, 0.717) is 37.0 Å². The lowest BCUT2D eigenvalue weighted by Crippen LogP contribution is -2.39. The molecule has 7 nitrogen and oxygen atoms in total. The zero-order chi connectivity index (χ0) is 21.8. The molecule has 1 aromatic carbocycles. The van der Waals surface area contributed by atoms with Crippen molar-refractivity contribution in [1.29, 1.82) is 0 Å². The highest BCUT2D eigenvalue weighted by atomic mass is 16.5. The van der Waals surface area contributed by atoms with Crippen LogP contribution in [0.2, 0.25) is 0 Å². The van der Waals surface area contributed by atoms with Crippen molar-refractivity contribution in [2.45, 2.75) is 50.9 Å². The highest BCUT2D eigenvalue weighted by Gasteiger charge is 2.30. The van der Waals surface area contributed by atoms with Gasteiger partial charge in [-0.15, -0.1) is 0 Å². The molecule has 32 heavy (non-hydrogen) atoms. The average Bonchev–Trinajstić information content (AvgIpc) is 3.53. The highest BCUT2D eigenvalue weighted by molar-refractivity contribution is 6.05. The quantitative estimate of drug-likeness (QED) is 0.513. The molecule has 1 aliphatic heterocycles. The molecule has 2 fully saturated rings. The van der Waals surface area contributed by atoms with Crippen molar-refractivity contribution >= 4 is 16.7 Å². The van der Waals surface area contributed by atoms with E-state index in [0.717, 1.165) is 42.7 Å². The molecule has 1 atom stereocenters.